The van der Waals surface area contributed by atoms with Crippen molar-refractivity contribution in [2.24, 2.45) is 5.73 Å². The van der Waals surface area contributed by atoms with Crippen LogP contribution in [0.25, 0.3) is 0 Å². The van der Waals surface area contributed by atoms with Gasteiger partial charge in [0, 0.05) is 5.69 Å². The number of rotatable bonds is 5. The molecule has 0 aromatic heterocycles. The van der Waals surface area contributed by atoms with Gasteiger partial charge >= 0.3 is 0 Å². The number of hydrogen-bond donors (Lipinski definition) is 2. The lowest BCUT2D eigenvalue weighted by Gasteiger charge is -2.15. The van der Waals surface area contributed by atoms with Gasteiger partial charge in [-0.05, 0) is 24.1 Å². The summed E-state index contributed by atoms with van der Waals surface area (Å²) in [4.78, 5) is 11.3. The minimum Gasteiger partial charge on any atom is -0.398 e. The summed E-state index contributed by atoms with van der Waals surface area (Å²) < 4.78 is 12.9. The fourth-order valence-corrected chi connectivity index (χ4v) is 1.72. The highest BCUT2D eigenvalue weighted by Crippen LogP contribution is 2.27. The van der Waals surface area contributed by atoms with Crippen molar-refractivity contribution in [2.75, 3.05) is 5.73 Å². The Hall–Kier alpha value is -1.58. The second kappa shape index (κ2) is 5.49. The van der Waals surface area contributed by atoms with E-state index in [4.69, 9.17) is 11.5 Å². The molecule has 0 aliphatic rings. The molecule has 0 saturated heterocycles. The van der Waals surface area contributed by atoms with Crippen molar-refractivity contribution < 1.29 is 9.18 Å². The van der Waals surface area contributed by atoms with E-state index in [2.05, 4.69) is 0 Å². The summed E-state index contributed by atoms with van der Waals surface area (Å²) in [5, 5.41) is 0. The van der Waals surface area contributed by atoms with E-state index in [1.165, 1.54) is 18.2 Å². The lowest BCUT2D eigenvalue weighted by molar-refractivity contribution is -0.119. The van der Waals surface area contributed by atoms with Crippen molar-refractivity contribution in [3.8, 4) is 0 Å². The Morgan fingerprint density at radius 1 is 1.50 bits per heavy atom. The summed E-state index contributed by atoms with van der Waals surface area (Å²) in [5.74, 6) is -1.23. The van der Waals surface area contributed by atoms with Crippen LogP contribution in [0.2, 0.25) is 0 Å². The molecule has 1 aromatic rings. The van der Waals surface area contributed by atoms with Gasteiger partial charge in [0.1, 0.15) is 5.82 Å². The Balaban J connectivity index is 2.96. The molecule has 0 aliphatic heterocycles. The number of amides is 1. The maximum Gasteiger partial charge on any atom is 0.225 e. The SMILES string of the molecule is CCCCC(C(N)=O)c1ccc(F)cc1N. The molecule has 88 valence electrons. The molecule has 16 heavy (non-hydrogen) atoms. The molecule has 1 amide bonds. The van der Waals surface area contributed by atoms with Crippen LogP contribution in [0.5, 0.6) is 0 Å². The van der Waals surface area contributed by atoms with Crippen molar-refractivity contribution in [3.63, 3.8) is 0 Å². The zero-order valence-corrected chi connectivity index (χ0v) is 9.37. The lowest BCUT2D eigenvalue weighted by atomic mass is 9.92. The van der Waals surface area contributed by atoms with Crippen LogP contribution in [0.3, 0.4) is 0 Å². The lowest BCUT2D eigenvalue weighted by Crippen LogP contribution is -2.22. The first kappa shape index (κ1) is 12.5. The van der Waals surface area contributed by atoms with E-state index in [0.717, 1.165) is 12.8 Å². The van der Waals surface area contributed by atoms with E-state index in [1.54, 1.807) is 0 Å². The highest BCUT2D eigenvalue weighted by atomic mass is 19.1. The number of benzene rings is 1. The van der Waals surface area contributed by atoms with Crippen LogP contribution in [-0.2, 0) is 4.79 Å². The van der Waals surface area contributed by atoms with Gasteiger partial charge in [-0.2, -0.15) is 0 Å². The van der Waals surface area contributed by atoms with Gasteiger partial charge in [0.05, 0.1) is 5.92 Å². The number of anilines is 1. The van der Waals surface area contributed by atoms with Crippen LogP contribution in [0, 0.1) is 5.82 Å². The maximum atomic E-state index is 12.9. The van der Waals surface area contributed by atoms with E-state index in [1.807, 2.05) is 6.92 Å². The number of nitrogens with two attached hydrogens (primary N) is 2. The van der Waals surface area contributed by atoms with Gasteiger partial charge in [0.15, 0.2) is 0 Å². The first-order chi connectivity index (χ1) is 7.56. The molecule has 1 unspecified atom stereocenters. The molecule has 1 rings (SSSR count). The molecule has 3 nitrogen and oxygen atoms in total. The predicted molar refractivity (Wildman–Crippen MR) is 62.3 cm³/mol. The normalized spacial score (nSPS) is 12.4. The molecular weight excluding hydrogens is 207 g/mol. The Bertz CT molecular complexity index is 379. The molecule has 1 aromatic carbocycles. The van der Waals surface area contributed by atoms with Crippen molar-refractivity contribution in [3.05, 3.63) is 29.6 Å². The Labute approximate surface area is 94.6 Å². The van der Waals surface area contributed by atoms with Crippen molar-refractivity contribution in [2.45, 2.75) is 32.1 Å². The van der Waals surface area contributed by atoms with Gasteiger partial charge in [-0.3, -0.25) is 4.79 Å². The Morgan fingerprint density at radius 3 is 2.69 bits per heavy atom. The standard InChI is InChI=1S/C12H17FN2O/c1-2-3-4-10(12(15)16)9-6-5-8(13)7-11(9)14/h5-7,10H,2-4,14H2,1H3,(H2,15,16). The molecule has 4 N–H and O–H groups in total. The smallest absolute Gasteiger partial charge is 0.225 e. The molecule has 0 spiro atoms. The van der Waals surface area contributed by atoms with Crippen LogP contribution in [0.1, 0.15) is 37.7 Å². The number of unbranched alkanes of at least 4 members (excludes halogenated alkanes) is 1. The fourth-order valence-electron chi connectivity index (χ4n) is 1.72. The maximum absolute atomic E-state index is 12.9. The highest BCUT2D eigenvalue weighted by Gasteiger charge is 2.19. The summed E-state index contributed by atoms with van der Waals surface area (Å²) in [7, 11) is 0. The molecule has 0 aliphatic carbocycles. The number of halogens is 1. The topological polar surface area (TPSA) is 69.1 Å². The van der Waals surface area contributed by atoms with Crippen molar-refractivity contribution in [1.29, 1.82) is 0 Å². The van der Waals surface area contributed by atoms with Crippen molar-refractivity contribution in [1.82, 2.24) is 0 Å². The fraction of sp³-hybridized carbons (Fsp3) is 0.417. The quantitative estimate of drug-likeness (QED) is 0.752. The van der Waals surface area contributed by atoms with Crippen LogP contribution in [0.4, 0.5) is 10.1 Å². The van der Waals surface area contributed by atoms with Gasteiger partial charge in [0.25, 0.3) is 0 Å². The third kappa shape index (κ3) is 2.95. The second-order valence-corrected chi connectivity index (χ2v) is 3.87. The van der Waals surface area contributed by atoms with E-state index in [9.17, 15) is 9.18 Å². The highest BCUT2D eigenvalue weighted by molar-refractivity contribution is 5.83. The first-order valence-electron chi connectivity index (χ1n) is 5.40. The number of nitrogen functional groups attached to an aromatic ring is 1. The minimum absolute atomic E-state index is 0.292. The molecule has 0 bridgehead atoms. The van der Waals surface area contributed by atoms with Crippen LogP contribution >= 0.6 is 0 Å². The summed E-state index contributed by atoms with van der Waals surface area (Å²) in [6, 6.07) is 4.06. The molecule has 0 fully saturated rings. The third-order valence-corrected chi connectivity index (χ3v) is 2.61. The van der Waals surface area contributed by atoms with E-state index < -0.39 is 17.6 Å². The largest absolute Gasteiger partial charge is 0.398 e. The van der Waals surface area contributed by atoms with Crippen LogP contribution < -0.4 is 11.5 Å². The van der Waals surface area contributed by atoms with E-state index in [-0.39, 0.29) is 0 Å². The van der Waals surface area contributed by atoms with Gasteiger partial charge in [-0.25, -0.2) is 4.39 Å². The monoisotopic (exact) mass is 224 g/mol. The van der Waals surface area contributed by atoms with E-state index >= 15 is 0 Å². The summed E-state index contributed by atoms with van der Waals surface area (Å²) >= 11 is 0. The Morgan fingerprint density at radius 2 is 2.19 bits per heavy atom. The Kier molecular flexibility index (Phi) is 4.28. The average molecular weight is 224 g/mol. The summed E-state index contributed by atoms with van der Waals surface area (Å²) in [5.41, 5.74) is 11.9. The van der Waals surface area contributed by atoms with Gasteiger partial charge < -0.3 is 11.5 Å². The summed E-state index contributed by atoms with van der Waals surface area (Å²) in [6.45, 7) is 2.03. The zero-order valence-electron chi connectivity index (χ0n) is 9.37. The second-order valence-electron chi connectivity index (χ2n) is 3.87. The van der Waals surface area contributed by atoms with Gasteiger partial charge in [0.2, 0.25) is 5.91 Å². The van der Waals surface area contributed by atoms with Crippen molar-refractivity contribution >= 4 is 11.6 Å². The third-order valence-electron chi connectivity index (χ3n) is 2.61. The first-order valence-corrected chi connectivity index (χ1v) is 5.40. The minimum atomic E-state index is -0.416. The molecule has 0 radical (unpaired) electrons. The summed E-state index contributed by atoms with van der Waals surface area (Å²) in [6.07, 6.45) is 2.52. The molecular formula is C12H17FN2O. The molecule has 0 heterocycles. The molecule has 1 atom stereocenters. The average Bonchev–Trinajstić information content (AvgIpc) is 2.20. The number of primary amides is 1. The zero-order chi connectivity index (χ0) is 12.1. The molecule has 4 heteroatoms. The molecule has 0 saturated carbocycles. The van der Waals surface area contributed by atoms with Gasteiger partial charge in [-0.15, -0.1) is 0 Å². The van der Waals surface area contributed by atoms with E-state index in [0.29, 0.717) is 17.7 Å². The predicted octanol–water partition coefficient (Wildman–Crippen LogP) is 2.17. The number of hydrogen-bond acceptors (Lipinski definition) is 2. The number of carbonyl (C=O) groups is 1. The number of carbonyl (C=O) groups excluding carboxylic acids is 1. The van der Waals surface area contributed by atoms with Crippen LogP contribution in [0.15, 0.2) is 18.2 Å². The van der Waals surface area contributed by atoms with Gasteiger partial charge in [-0.1, -0.05) is 25.8 Å². The van der Waals surface area contributed by atoms with Crippen LogP contribution in [-0.4, -0.2) is 5.91 Å².